The predicted molar refractivity (Wildman–Crippen MR) is 146 cm³/mol. The molecule has 0 saturated carbocycles. The zero-order valence-electron chi connectivity index (χ0n) is 23.6. The lowest BCUT2D eigenvalue weighted by Gasteiger charge is -2.32. The van der Waals surface area contributed by atoms with Gasteiger partial charge in [-0.05, 0) is 61.0 Å². The summed E-state index contributed by atoms with van der Waals surface area (Å²) in [5, 5.41) is 2.32. The third-order valence-electron chi connectivity index (χ3n) is 7.70. The molecule has 0 bridgehead atoms. The molecule has 3 aromatic rings. The van der Waals surface area contributed by atoms with E-state index in [1.54, 1.807) is 0 Å². The molecule has 0 unspecified atom stereocenters. The van der Waals surface area contributed by atoms with Crippen LogP contribution in [0.1, 0.15) is 107 Å². The fourth-order valence-corrected chi connectivity index (χ4v) is 4.66. The summed E-state index contributed by atoms with van der Waals surface area (Å²) >= 11 is 0. The monoisotopic (exact) mass is 462 g/mol. The molecule has 0 aliphatic carbocycles. The maximum atomic E-state index is 6.75. The van der Waals surface area contributed by atoms with E-state index in [0.29, 0.717) is 0 Å². The molecule has 0 spiro atoms. The Hall–Kier alpha value is -1.78. The van der Waals surface area contributed by atoms with Gasteiger partial charge in [-0.2, -0.15) is 0 Å². The number of rotatable bonds is 1. The van der Waals surface area contributed by atoms with Crippen LogP contribution < -0.4 is 5.46 Å². The summed E-state index contributed by atoms with van der Waals surface area (Å²) in [5.41, 5.74) is 5.91. The molecule has 3 nitrogen and oxygen atoms in total. The normalized spacial score (nSPS) is 18.9. The van der Waals surface area contributed by atoms with Crippen molar-refractivity contribution in [3.8, 4) is 0 Å². The second-order valence-electron chi connectivity index (χ2n) is 14.3. The predicted octanol–water partition coefficient (Wildman–Crippen LogP) is 7.78. The highest BCUT2D eigenvalue weighted by Gasteiger charge is 2.52. The maximum absolute atomic E-state index is 6.75. The van der Waals surface area contributed by atoms with Crippen molar-refractivity contribution in [1.29, 1.82) is 0 Å². The van der Waals surface area contributed by atoms with Crippen LogP contribution in [0.25, 0.3) is 21.9 Å². The van der Waals surface area contributed by atoms with E-state index < -0.39 is 7.12 Å². The second-order valence-corrected chi connectivity index (χ2v) is 14.3. The molecule has 34 heavy (non-hydrogen) atoms. The van der Waals surface area contributed by atoms with E-state index in [1.807, 2.05) is 0 Å². The van der Waals surface area contributed by atoms with Crippen LogP contribution in [0.2, 0.25) is 0 Å². The zero-order valence-corrected chi connectivity index (χ0v) is 23.6. The van der Waals surface area contributed by atoms with Crippen molar-refractivity contribution in [2.75, 3.05) is 0 Å². The summed E-state index contributed by atoms with van der Waals surface area (Å²) in [5.74, 6) is 0. The Morgan fingerprint density at radius 2 is 1.03 bits per heavy atom. The molecule has 4 rings (SSSR count). The molecule has 1 saturated heterocycles. The first-order valence-electron chi connectivity index (χ1n) is 12.6. The Morgan fingerprint density at radius 1 is 0.588 bits per heavy atom. The average molecular weight is 462 g/mol. The van der Waals surface area contributed by atoms with Gasteiger partial charge in [-0.1, -0.05) is 80.5 Å². The minimum Gasteiger partial charge on any atom is -0.455 e. The van der Waals surface area contributed by atoms with Gasteiger partial charge >= 0.3 is 7.12 Å². The molecule has 2 heterocycles. The van der Waals surface area contributed by atoms with E-state index in [4.69, 9.17) is 13.7 Å². The molecule has 2 aromatic carbocycles. The zero-order chi connectivity index (χ0) is 25.6. The first-order chi connectivity index (χ1) is 15.2. The highest BCUT2D eigenvalue weighted by molar-refractivity contribution is 6.62. The Morgan fingerprint density at radius 3 is 1.47 bits per heavy atom. The van der Waals surface area contributed by atoms with Gasteiger partial charge in [-0.25, -0.2) is 0 Å². The molecular formula is C30H43BO3. The van der Waals surface area contributed by atoms with Gasteiger partial charge in [0.2, 0.25) is 0 Å². The number of furan rings is 1. The number of hydrogen-bond donors (Lipinski definition) is 0. The minimum absolute atomic E-state index is 0.0357. The van der Waals surface area contributed by atoms with Crippen molar-refractivity contribution in [2.45, 2.75) is 117 Å². The second kappa shape index (κ2) is 7.37. The van der Waals surface area contributed by atoms with Crippen LogP contribution in [0.15, 0.2) is 28.7 Å². The van der Waals surface area contributed by atoms with Crippen molar-refractivity contribution in [1.82, 2.24) is 0 Å². The molecule has 1 fully saturated rings. The molecular weight excluding hydrogens is 419 g/mol. The molecule has 0 amide bonds. The average Bonchev–Trinajstić information content (AvgIpc) is 3.11. The van der Waals surface area contributed by atoms with Crippen LogP contribution in [0, 0.1) is 0 Å². The van der Waals surface area contributed by atoms with Crippen molar-refractivity contribution < 1.29 is 13.7 Å². The van der Waals surface area contributed by atoms with Crippen LogP contribution in [-0.2, 0) is 25.6 Å². The maximum Gasteiger partial charge on any atom is 0.494 e. The quantitative estimate of drug-likeness (QED) is 0.346. The lowest BCUT2D eigenvalue weighted by Crippen LogP contribution is -2.41. The van der Waals surface area contributed by atoms with Crippen LogP contribution in [0.4, 0.5) is 0 Å². The molecule has 0 radical (unpaired) electrons. The third kappa shape index (κ3) is 4.11. The molecule has 4 heteroatoms. The SMILES string of the molecule is CC(C)(C)c1cc(C(C)(C)C)c2oc3c(C(C)(C)C)cc(B4OC(C)(C)C(C)(C)O4)cc3c2c1. The summed E-state index contributed by atoms with van der Waals surface area (Å²) < 4.78 is 19.7. The van der Waals surface area contributed by atoms with Gasteiger partial charge in [-0.3, -0.25) is 0 Å². The van der Waals surface area contributed by atoms with E-state index in [0.717, 1.165) is 22.0 Å². The lowest BCUT2D eigenvalue weighted by molar-refractivity contribution is 0.00578. The Labute approximate surface area is 206 Å². The van der Waals surface area contributed by atoms with E-state index in [1.165, 1.54) is 22.1 Å². The van der Waals surface area contributed by atoms with Crippen LogP contribution in [0.5, 0.6) is 0 Å². The van der Waals surface area contributed by atoms with E-state index in [2.05, 4.69) is 114 Å². The van der Waals surface area contributed by atoms with Gasteiger partial charge in [0.15, 0.2) is 0 Å². The molecule has 184 valence electrons. The number of benzene rings is 2. The lowest BCUT2D eigenvalue weighted by atomic mass is 9.74. The van der Waals surface area contributed by atoms with Gasteiger partial charge in [0.1, 0.15) is 11.2 Å². The fourth-order valence-electron chi connectivity index (χ4n) is 4.66. The first-order valence-corrected chi connectivity index (χ1v) is 12.6. The fraction of sp³-hybridized carbons (Fsp3) is 0.600. The molecule has 1 aromatic heterocycles. The minimum atomic E-state index is -0.409. The number of hydrogen-bond acceptors (Lipinski definition) is 3. The van der Waals surface area contributed by atoms with Gasteiger partial charge in [0.05, 0.1) is 11.2 Å². The standard InChI is InChI=1S/C30H43BO3/c1-26(2,3)18-14-20-21-16-19(31-33-29(10,11)30(12,13)34-31)17-23(28(7,8)9)25(21)32-24(20)22(15-18)27(4,5)6/h14-17H,1-13H3. The molecule has 1 aliphatic rings. The Bertz CT molecular complexity index is 1240. The highest BCUT2D eigenvalue weighted by Crippen LogP contribution is 2.43. The van der Waals surface area contributed by atoms with Crippen LogP contribution in [-0.4, -0.2) is 18.3 Å². The smallest absolute Gasteiger partial charge is 0.455 e. The molecule has 0 atom stereocenters. The summed E-state index contributed by atoms with van der Waals surface area (Å²) in [6.07, 6.45) is 0. The topological polar surface area (TPSA) is 31.6 Å². The van der Waals surface area contributed by atoms with Gasteiger partial charge in [-0.15, -0.1) is 0 Å². The largest absolute Gasteiger partial charge is 0.494 e. The molecule has 1 aliphatic heterocycles. The summed E-state index contributed by atoms with van der Waals surface area (Å²) in [7, 11) is -0.409. The van der Waals surface area contributed by atoms with E-state index in [-0.39, 0.29) is 27.4 Å². The Balaban J connectivity index is 2.09. The molecule has 0 N–H and O–H groups in total. The highest BCUT2D eigenvalue weighted by atomic mass is 16.7. The van der Waals surface area contributed by atoms with E-state index >= 15 is 0 Å². The van der Waals surface area contributed by atoms with Crippen molar-refractivity contribution in [3.05, 3.63) is 41.0 Å². The van der Waals surface area contributed by atoms with Crippen molar-refractivity contribution in [2.24, 2.45) is 0 Å². The Kier molecular flexibility index (Phi) is 5.49. The summed E-state index contributed by atoms with van der Waals surface area (Å²) in [6.45, 7) is 28.8. The first kappa shape index (κ1) is 25.3. The van der Waals surface area contributed by atoms with Crippen LogP contribution in [0.3, 0.4) is 0 Å². The van der Waals surface area contributed by atoms with Gasteiger partial charge in [0.25, 0.3) is 0 Å². The van der Waals surface area contributed by atoms with E-state index in [9.17, 15) is 0 Å². The van der Waals surface area contributed by atoms with Crippen molar-refractivity contribution >= 4 is 34.5 Å². The van der Waals surface area contributed by atoms with Crippen LogP contribution >= 0.6 is 0 Å². The van der Waals surface area contributed by atoms with Crippen molar-refractivity contribution in [3.63, 3.8) is 0 Å². The number of fused-ring (bicyclic) bond motifs is 3. The van der Waals surface area contributed by atoms with Gasteiger partial charge < -0.3 is 13.7 Å². The summed E-state index contributed by atoms with van der Waals surface area (Å²) in [6, 6.07) is 9.14. The van der Waals surface area contributed by atoms with Gasteiger partial charge in [0, 0.05) is 21.9 Å². The third-order valence-corrected chi connectivity index (χ3v) is 7.70. The summed E-state index contributed by atoms with van der Waals surface area (Å²) in [4.78, 5) is 0.